The molecule has 3 rings (SSSR count). The van der Waals surface area contributed by atoms with Crippen molar-refractivity contribution in [1.82, 2.24) is 4.31 Å². The fourth-order valence-corrected chi connectivity index (χ4v) is 4.88. The predicted molar refractivity (Wildman–Crippen MR) is 102 cm³/mol. The van der Waals surface area contributed by atoms with E-state index in [-0.39, 0.29) is 49.3 Å². The Bertz CT molecular complexity index is 995. The molecule has 0 atom stereocenters. The third kappa shape index (κ3) is 4.38. The van der Waals surface area contributed by atoms with Crippen molar-refractivity contribution in [3.63, 3.8) is 0 Å². The number of ether oxygens (including phenoxy) is 2. The normalized spacial score (nSPS) is 15.3. The zero-order valence-electron chi connectivity index (χ0n) is 15.0. The summed E-state index contributed by atoms with van der Waals surface area (Å²) in [7, 11) is -3.88. The molecule has 1 aromatic carbocycles. The molecular formula is C17H18N2O7S2. The Labute approximate surface area is 165 Å². The van der Waals surface area contributed by atoms with E-state index in [0.29, 0.717) is 4.88 Å². The first kappa shape index (κ1) is 20.4. The van der Waals surface area contributed by atoms with Crippen molar-refractivity contribution in [1.29, 1.82) is 0 Å². The Balaban J connectivity index is 1.81. The standard InChI is InChI=1S/C17H18N2O7S2/c1-12-2-5-17(27-12)15(20)11-26-16-4-3-13(10-14(16)19(21)22)28(23,24)18-6-8-25-9-7-18/h2-5,10H,6-9,11H2,1H3. The van der Waals surface area contributed by atoms with Crippen LogP contribution in [0.5, 0.6) is 5.75 Å². The number of ketones is 1. The van der Waals surface area contributed by atoms with Gasteiger partial charge in [-0.2, -0.15) is 4.31 Å². The van der Waals surface area contributed by atoms with Gasteiger partial charge in [-0.1, -0.05) is 0 Å². The van der Waals surface area contributed by atoms with E-state index < -0.39 is 20.6 Å². The molecule has 0 amide bonds. The second-order valence-corrected chi connectivity index (χ2v) is 9.25. The van der Waals surface area contributed by atoms with Crippen LogP contribution < -0.4 is 4.74 Å². The Hall–Kier alpha value is -2.34. The first-order chi connectivity index (χ1) is 13.3. The van der Waals surface area contributed by atoms with E-state index in [1.54, 1.807) is 12.1 Å². The highest BCUT2D eigenvalue weighted by atomic mass is 32.2. The maximum Gasteiger partial charge on any atom is 0.312 e. The molecule has 1 fully saturated rings. The van der Waals surface area contributed by atoms with Gasteiger partial charge in [0, 0.05) is 24.0 Å². The summed E-state index contributed by atoms with van der Waals surface area (Å²) in [6, 6.07) is 6.87. The molecule has 0 N–H and O–H groups in total. The number of Topliss-reactive ketones (excluding diaryl/α,β-unsaturated/α-hetero) is 1. The van der Waals surface area contributed by atoms with Crippen LogP contribution in [0.1, 0.15) is 14.5 Å². The van der Waals surface area contributed by atoms with Crippen LogP contribution >= 0.6 is 11.3 Å². The summed E-state index contributed by atoms with van der Waals surface area (Å²) < 4.78 is 37.0. The van der Waals surface area contributed by atoms with Gasteiger partial charge in [-0.25, -0.2) is 8.42 Å². The summed E-state index contributed by atoms with van der Waals surface area (Å²) in [5, 5.41) is 11.4. The molecule has 1 aromatic heterocycles. The Morgan fingerprint density at radius 2 is 2.00 bits per heavy atom. The fraction of sp³-hybridized carbons (Fsp3) is 0.353. The van der Waals surface area contributed by atoms with E-state index in [4.69, 9.17) is 9.47 Å². The van der Waals surface area contributed by atoms with Crippen LogP contribution in [0.4, 0.5) is 5.69 Å². The summed E-state index contributed by atoms with van der Waals surface area (Å²) in [6.45, 7) is 2.39. The van der Waals surface area contributed by atoms with Gasteiger partial charge in [-0.15, -0.1) is 11.3 Å². The molecule has 1 aliphatic heterocycles. The van der Waals surface area contributed by atoms with Crippen LogP contribution in [0.3, 0.4) is 0 Å². The van der Waals surface area contributed by atoms with Gasteiger partial charge >= 0.3 is 5.69 Å². The molecule has 9 nitrogen and oxygen atoms in total. The average molecular weight is 426 g/mol. The van der Waals surface area contributed by atoms with Gasteiger partial charge in [0.2, 0.25) is 15.8 Å². The van der Waals surface area contributed by atoms with Crippen LogP contribution in [0.15, 0.2) is 35.2 Å². The lowest BCUT2D eigenvalue weighted by molar-refractivity contribution is -0.386. The number of carbonyl (C=O) groups is 1. The number of carbonyl (C=O) groups excluding carboxylic acids is 1. The number of nitrogens with zero attached hydrogens (tertiary/aromatic N) is 2. The van der Waals surface area contributed by atoms with Crippen LogP contribution in [-0.2, 0) is 14.8 Å². The number of nitro benzene ring substituents is 1. The summed E-state index contributed by atoms with van der Waals surface area (Å²) in [6.07, 6.45) is 0. The van der Waals surface area contributed by atoms with E-state index in [0.717, 1.165) is 10.9 Å². The summed E-state index contributed by atoms with van der Waals surface area (Å²) in [4.78, 5) is 24.1. The highest BCUT2D eigenvalue weighted by Gasteiger charge is 2.29. The molecule has 0 saturated carbocycles. The average Bonchev–Trinajstić information content (AvgIpc) is 3.13. The number of hydrogen-bond donors (Lipinski definition) is 0. The number of sulfonamides is 1. The van der Waals surface area contributed by atoms with Crippen molar-refractivity contribution in [3.8, 4) is 5.75 Å². The minimum Gasteiger partial charge on any atom is -0.478 e. The highest BCUT2D eigenvalue weighted by molar-refractivity contribution is 7.89. The Kier molecular flexibility index (Phi) is 6.08. The minimum atomic E-state index is -3.88. The number of thiophene rings is 1. The molecule has 0 bridgehead atoms. The quantitative estimate of drug-likeness (QED) is 0.379. The number of morpholine rings is 1. The maximum atomic E-state index is 12.7. The molecule has 28 heavy (non-hydrogen) atoms. The van der Waals surface area contributed by atoms with Crippen molar-refractivity contribution in [3.05, 3.63) is 50.2 Å². The van der Waals surface area contributed by atoms with Crippen LogP contribution in [0.2, 0.25) is 0 Å². The van der Waals surface area contributed by atoms with E-state index in [2.05, 4.69) is 0 Å². The fourth-order valence-electron chi connectivity index (χ4n) is 2.66. The molecule has 0 unspecified atom stereocenters. The number of rotatable bonds is 7. The van der Waals surface area contributed by atoms with E-state index >= 15 is 0 Å². The smallest absolute Gasteiger partial charge is 0.312 e. The molecule has 1 saturated heterocycles. The molecule has 0 radical (unpaired) electrons. The van der Waals surface area contributed by atoms with Gasteiger partial charge in [0.05, 0.1) is 27.9 Å². The van der Waals surface area contributed by atoms with Crippen molar-refractivity contribution < 1.29 is 27.6 Å². The van der Waals surface area contributed by atoms with Gasteiger partial charge in [0.25, 0.3) is 0 Å². The summed E-state index contributed by atoms with van der Waals surface area (Å²) >= 11 is 1.30. The Morgan fingerprint density at radius 1 is 1.29 bits per heavy atom. The maximum absolute atomic E-state index is 12.7. The number of benzene rings is 1. The summed E-state index contributed by atoms with van der Waals surface area (Å²) in [5.74, 6) is -0.468. The zero-order valence-corrected chi connectivity index (χ0v) is 16.6. The molecule has 1 aliphatic rings. The van der Waals surface area contributed by atoms with Gasteiger partial charge in [0.1, 0.15) is 0 Å². The molecule has 0 spiro atoms. The molecule has 0 aliphatic carbocycles. The molecule has 2 aromatic rings. The van der Waals surface area contributed by atoms with Gasteiger partial charge in [0.15, 0.2) is 12.4 Å². The van der Waals surface area contributed by atoms with Crippen molar-refractivity contribution in [2.45, 2.75) is 11.8 Å². The Morgan fingerprint density at radius 3 is 2.61 bits per heavy atom. The van der Waals surface area contributed by atoms with E-state index in [1.165, 1.54) is 27.8 Å². The van der Waals surface area contributed by atoms with E-state index in [1.807, 2.05) is 6.92 Å². The van der Waals surface area contributed by atoms with Crippen LogP contribution in [0.25, 0.3) is 0 Å². The molecule has 150 valence electrons. The number of aryl methyl sites for hydroxylation is 1. The van der Waals surface area contributed by atoms with Gasteiger partial charge < -0.3 is 9.47 Å². The lowest BCUT2D eigenvalue weighted by Crippen LogP contribution is -2.40. The van der Waals surface area contributed by atoms with Gasteiger partial charge in [-0.3, -0.25) is 14.9 Å². The first-order valence-corrected chi connectivity index (χ1v) is 10.6. The van der Waals surface area contributed by atoms with Crippen LogP contribution in [0, 0.1) is 17.0 Å². The lowest BCUT2D eigenvalue weighted by atomic mass is 10.3. The van der Waals surface area contributed by atoms with Crippen molar-refractivity contribution >= 4 is 32.8 Å². The predicted octanol–water partition coefficient (Wildman–Crippen LogP) is 2.25. The van der Waals surface area contributed by atoms with Crippen molar-refractivity contribution in [2.24, 2.45) is 0 Å². The largest absolute Gasteiger partial charge is 0.478 e. The topological polar surface area (TPSA) is 116 Å². The third-order valence-electron chi connectivity index (χ3n) is 4.11. The van der Waals surface area contributed by atoms with Gasteiger partial charge in [-0.05, 0) is 31.2 Å². The van der Waals surface area contributed by atoms with Crippen molar-refractivity contribution in [2.75, 3.05) is 32.9 Å². The summed E-state index contributed by atoms with van der Waals surface area (Å²) in [5.41, 5.74) is -0.510. The first-order valence-electron chi connectivity index (χ1n) is 8.38. The second-order valence-electron chi connectivity index (χ2n) is 6.03. The highest BCUT2D eigenvalue weighted by Crippen LogP contribution is 2.31. The SMILES string of the molecule is Cc1ccc(C(=O)COc2ccc(S(=O)(=O)N3CCOCC3)cc2[N+](=O)[O-])s1. The molecule has 2 heterocycles. The van der Waals surface area contributed by atoms with E-state index in [9.17, 15) is 23.3 Å². The monoisotopic (exact) mass is 426 g/mol. The molecular weight excluding hydrogens is 408 g/mol. The minimum absolute atomic E-state index is 0.160. The second kappa shape index (κ2) is 8.35. The number of nitro groups is 1. The zero-order chi connectivity index (χ0) is 20.3. The van der Waals surface area contributed by atoms with Crippen LogP contribution in [-0.4, -0.2) is 56.3 Å². The third-order valence-corrected chi connectivity index (χ3v) is 7.05. The number of hydrogen-bond acceptors (Lipinski definition) is 8. The lowest BCUT2D eigenvalue weighted by Gasteiger charge is -2.26. The molecule has 11 heteroatoms.